The molecule has 2 fully saturated rings. The van der Waals surface area contributed by atoms with E-state index in [2.05, 4.69) is 0 Å². The van der Waals surface area contributed by atoms with E-state index in [1.165, 1.54) is 0 Å². The van der Waals surface area contributed by atoms with Crippen molar-refractivity contribution in [2.45, 2.75) is 45.8 Å². The number of para-hydroxylation sites is 1. The average Bonchev–Trinajstić information content (AvgIpc) is 3.14. The molecule has 1 spiro atoms. The minimum absolute atomic E-state index is 0.0140. The van der Waals surface area contributed by atoms with Gasteiger partial charge in [0.1, 0.15) is 6.61 Å². The molecule has 1 aromatic carbocycles. The molecular formula is C22H32N2O5. The Balaban J connectivity index is 1.71. The van der Waals surface area contributed by atoms with E-state index in [1.807, 2.05) is 36.9 Å². The molecule has 0 unspecified atom stereocenters. The van der Waals surface area contributed by atoms with Crippen LogP contribution in [0.2, 0.25) is 0 Å². The number of benzene rings is 1. The number of nitrogens with zero attached hydrogens (tertiary/aromatic N) is 2. The van der Waals surface area contributed by atoms with Crippen molar-refractivity contribution in [1.82, 2.24) is 9.80 Å². The zero-order valence-corrected chi connectivity index (χ0v) is 17.9. The third-order valence-electron chi connectivity index (χ3n) is 5.92. The summed E-state index contributed by atoms with van der Waals surface area (Å²) < 4.78 is 16.4. The van der Waals surface area contributed by atoms with Gasteiger partial charge in [0, 0.05) is 31.7 Å². The normalized spacial score (nSPS) is 21.9. The highest BCUT2D eigenvalue weighted by molar-refractivity contribution is 5.86. The number of hydrogen-bond acceptors (Lipinski definition) is 5. The number of piperidine rings is 1. The molecule has 7 nitrogen and oxygen atoms in total. The first-order valence-electron chi connectivity index (χ1n) is 10.3. The van der Waals surface area contributed by atoms with Gasteiger partial charge in [0.05, 0.1) is 25.7 Å². The largest absolute Gasteiger partial charge is 0.493 e. The lowest BCUT2D eigenvalue weighted by atomic mass is 9.78. The number of rotatable bonds is 7. The second-order valence-electron chi connectivity index (χ2n) is 8.19. The molecule has 1 atom stereocenters. The van der Waals surface area contributed by atoms with Gasteiger partial charge in [-0.15, -0.1) is 0 Å². The van der Waals surface area contributed by atoms with Gasteiger partial charge in [0.15, 0.2) is 11.5 Å². The summed E-state index contributed by atoms with van der Waals surface area (Å²) in [7, 11) is 3.22. The summed E-state index contributed by atoms with van der Waals surface area (Å²) in [6.45, 7) is 6.19. The van der Waals surface area contributed by atoms with Crippen LogP contribution in [0.25, 0.3) is 0 Å². The van der Waals surface area contributed by atoms with Gasteiger partial charge in [-0.2, -0.15) is 0 Å². The number of hydrogen-bond donors (Lipinski definition) is 0. The van der Waals surface area contributed by atoms with Crippen LogP contribution in [0, 0.1) is 5.41 Å². The third-order valence-corrected chi connectivity index (χ3v) is 5.92. The van der Waals surface area contributed by atoms with Gasteiger partial charge in [-0.3, -0.25) is 9.59 Å². The summed E-state index contributed by atoms with van der Waals surface area (Å²) in [5.41, 5.74) is 0.450. The monoisotopic (exact) mass is 404 g/mol. The van der Waals surface area contributed by atoms with Crippen molar-refractivity contribution >= 4 is 11.8 Å². The fourth-order valence-electron chi connectivity index (χ4n) is 4.38. The number of carbonyl (C=O) groups is 2. The lowest BCUT2D eigenvalue weighted by molar-refractivity contribution is -0.147. The van der Waals surface area contributed by atoms with Crippen molar-refractivity contribution < 1.29 is 23.8 Å². The smallest absolute Gasteiger partial charge is 0.248 e. The van der Waals surface area contributed by atoms with Crippen LogP contribution in [0.3, 0.4) is 0 Å². The Labute approximate surface area is 172 Å². The van der Waals surface area contributed by atoms with Crippen molar-refractivity contribution in [2.24, 2.45) is 5.41 Å². The van der Waals surface area contributed by atoms with Gasteiger partial charge in [-0.25, -0.2) is 0 Å². The van der Waals surface area contributed by atoms with E-state index in [9.17, 15) is 9.59 Å². The second-order valence-corrected chi connectivity index (χ2v) is 8.19. The Morgan fingerprint density at radius 3 is 2.66 bits per heavy atom. The van der Waals surface area contributed by atoms with Crippen LogP contribution in [-0.2, 0) is 20.9 Å². The van der Waals surface area contributed by atoms with Gasteiger partial charge in [0.25, 0.3) is 0 Å². The Bertz CT molecular complexity index is 751. The van der Waals surface area contributed by atoms with Crippen LogP contribution in [0.4, 0.5) is 0 Å². The van der Waals surface area contributed by atoms with Crippen molar-refractivity contribution in [3.05, 3.63) is 23.8 Å². The molecule has 0 radical (unpaired) electrons. The molecule has 2 amide bonds. The minimum atomic E-state index is -0.474. The van der Waals surface area contributed by atoms with Gasteiger partial charge < -0.3 is 24.0 Å². The first kappa shape index (κ1) is 21.4. The van der Waals surface area contributed by atoms with Gasteiger partial charge in [-0.1, -0.05) is 12.1 Å². The lowest BCUT2D eigenvalue weighted by Gasteiger charge is -2.39. The van der Waals surface area contributed by atoms with E-state index in [-0.39, 0.29) is 24.5 Å². The lowest BCUT2D eigenvalue weighted by Crippen LogP contribution is -2.50. The Hall–Kier alpha value is -2.28. The molecule has 0 aliphatic carbocycles. The first-order chi connectivity index (χ1) is 13.9. The van der Waals surface area contributed by atoms with E-state index in [1.54, 1.807) is 19.1 Å². The van der Waals surface area contributed by atoms with Crippen molar-refractivity contribution in [3.8, 4) is 11.5 Å². The van der Waals surface area contributed by atoms with E-state index in [0.29, 0.717) is 44.1 Å². The average molecular weight is 405 g/mol. The van der Waals surface area contributed by atoms with Gasteiger partial charge >= 0.3 is 0 Å². The molecular weight excluding hydrogens is 372 g/mol. The number of ether oxygens (including phenoxy) is 3. The number of amides is 2. The highest BCUT2D eigenvalue weighted by Crippen LogP contribution is 2.41. The zero-order chi connectivity index (χ0) is 21.0. The summed E-state index contributed by atoms with van der Waals surface area (Å²) in [6, 6.07) is 5.72. The Morgan fingerprint density at radius 1 is 1.17 bits per heavy atom. The van der Waals surface area contributed by atoms with Crippen molar-refractivity contribution in [2.75, 3.05) is 40.5 Å². The topological polar surface area (TPSA) is 68.3 Å². The molecule has 3 rings (SSSR count). The standard InChI is InChI=1S/C22H32N2O5/c1-16(2)29-14-19(25)24-12-10-22(15-24)9-6-11-23(21(22)26)13-17-7-5-8-18(27-3)20(17)28-4/h5,7-8,16H,6,9-15H2,1-4H3/t22-/m0/s1. The molecule has 0 saturated carbocycles. The summed E-state index contributed by atoms with van der Waals surface area (Å²) in [5.74, 6) is 1.42. The van der Waals surface area contributed by atoms with Crippen LogP contribution in [0.15, 0.2) is 18.2 Å². The van der Waals surface area contributed by atoms with Crippen LogP contribution in [0.1, 0.15) is 38.7 Å². The van der Waals surface area contributed by atoms with Crippen LogP contribution < -0.4 is 9.47 Å². The maximum atomic E-state index is 13.4. The SMILES string of the molecule is COc1cccc(CN2CCC[C@@]3(CCN(C(=O)COC(C)C)C3)C2=O)c1OC. The highest BCUT2D eigenvalue weighted by atomic mass is 16.5. The summed E-state index contributed by atoms with van der Waals surface area (Å²) >= 11 is 0. The third kappa shape index (κ3) is 4.50. The molecule has 2 saturated heterocycles. The van der Waals surface area contributed by atoms with Crippen LogP contribution in [0.5, 0.6) is 11.5 Å². The molecule has 0 N–H and O–H groups in total. The van der Waals surface area contributed by atoms with E-state index >= 15 is 0 Å². The molecule has 0 aromatic heterocycles. The molecule has 2 heterocycles. The van der Waals surface area contributed by atoms with Gasteiger partial charge in [-0.05, 0) is 39.2 Å². The van der Waals surface area contributed by atoms with Crippen LogP contribution >= 0.6 is 0 Å². The van der Waals surface area contributed by atoms with Crippen molar-refractivity contribution in [1.29, 1.82) is 0 Å². The summed E-state index contributed by atoms with van der Waals surface area (Å²) in [5, 5.41) is 0. The fraction of sp³-hybridized carbons (Fsp3) is 0.636. The predicted molar refractivity (Wildman–Crippen MR) is 109 cm³/mol. The summed E-state index contributed by atoms with van der Waals surface area (Å²) in [4.78, 5) is 29.6. The number of carbonyl (C=O) groups excluding carboxylic acids is 2. The predicted octanol–water partition coefficient (Wildman–Crippen LogP) is 2.47. The molecule has 7 heteroatoms. The van der Waals surface area contributed by atoms with E-state index in [4.69, 9.17) is 14.2 Å². The van der Waals surface area contributed by atoms with Crippen molar-refractivity contribution in [3.63, 3.8) is 0 Å². The van der Waals surface area contributed by atoms with Gasteiger partial charge in [0.2, 0.25) is 11.8 Å². The molecule has 29 heavy (non-hydrogen) atoms. The Kier molecular flexibility index (Phi) is 6.67. The molecule has 1 aromatic rings. The van der Waals surface area contributed by atoms with Crippen LogP contribution in [-0.4, -0.2) is 68.2 Å². The highest BCUT2D eigenvalue weighted by Gasteiger charge is 2.49. The maximum Gasteiger partial charge on any atom is 0.248 e. The minimum Gasteiger partial charge on any atom is -0.493 e. The quantitative estimate of drug-likeness (QED) is 0.698. The molecule has 160 valence electrons. The molecule has 2 aliphatic rings. The zero-order valence-electron chi connectivity index (χ0n) is 17.9. The Morgan fingerprint density at radius 2 is 1.97 bits per heavy atom. The number of methoxy groups -OCH3 is 2. The first-order valence-corrected chi connectivity index (χ1v) is 10.3. The second kappa shape index (κ2) is 9.03. The van der Waals surface area contributed by atoms with E-state index in [0.717, 1.165) is 18.4 Å². The van der Waals surface area contributed by atoms with E-state index < -0.39 is 5.41 Å². The fourth-order valence-corrected chi connectivity index (χ4v) is 4.38. The molecule has 0 bridgehead atoms. The summed E-state index contributed by atoms with van der Waals surface area (Å²) in [6.07, 6.45) is 2.49. The molecule has 2 aliphatic heterocycles. The number of likely N-dealkylation sites (tertiary alicyclic amines) is 2. The maximum absolute atomic E-state index is 13.4.